The van der Waals surface area contributed by atoms with Gasteiger partial charge < -0.3 is 19.7 Å². The number of nitrogens with zero attached hydrogens (tertiary/aromatic N) is 3. The number of halogens is 1. The first-order valence-electron chi connectivity index (χ1n) is 8.36. The fourth-order valence-electron chi connectivity index (χ4n) is 3.43. The lowest BCUT2D eigenvalue weighted by atomic mass is 9.93. The summed E-state index contributed by atoms with van der Waals surface area (Å²) in [5.41, 5.74) is 4.51. The Hall–Kier alpha value is -2.87. The van der Waals surface area contributed by atoms with Crippen LogP contribution in [-0.4, -0.2) is 32.7 Å². The lowest BCUT2D eigenvalue weighted by Crippen LogP contribution is -2.11. The van der Waals surface area contributed by atoms with E-state index in [-0.39, 0.29) is 0 Å². The smallest absolute Gasteiger partial charge is 0.337 e. The van der Waals surface area contributed by atoms with Crippen molar-refractivity contribution in [1.82, 2.24) is 14.5 Å². The van der Waals surface area contributed by atoms with E-state index in [2.05, 4.69) is 31.2 Å². The number of anilines is 2. The third kappa shape index (κ3) is 3.06. The van der Waals surface area contributed by atoms with Gasteiger partial charge in [0, 0.05) is 23.9 Å². The molecule has 1 aromatic carbocycles. The average molecular weight is 429 g/mol. The maximum absolute atomic E-state index is 11.5. The third-order valence-corrected chi connectivity index (χ3v) is 5.15. The molecule has 0 amide bonds. The molecule has 2 heterocycles. The Morgan fingerprint density at radius 1 is 1.37 bits per heavy atom. The van der Waals surface area contributed by atoms with Crippen LogP contribution in [0, 0.1) is 0 Å². The highest BCUT2D eigenvalue weighted by Gasteiger charge is 2.27. The van der Waals surface area contributed by atoms with E-state index in [1.54, 1.807) is 19.5 Å². The first-order valence-corrected chi connectivity index (χ1v) is 9.15. The molecule has 3 aromatic rings. The lowest BCUT2D eigenvalue weighted by Gasteiger charge is -2.18. The van der Waals surface area contributed by atoms with Crippen LogP contribution in [0.15, 0.2) is 35.1 Å². The van der Waals surface area contributed by atoms with Crippen LogP contribution >= 0.6 is 15.9 Å². The molecule has 1 aliphatic carbocycles. The minimum Gasteiger partial charge on any atom is -0.495 e. The van der Waals surface area contributed by atoms with E-state index in [0.29, 0.717) is 30.1 Å². The number of aryl methyl sites for hydroxylation is 2. The molecule has 2 N–H and O–H groups in total. The Kier molecular flexibility index (Phi) is 4.35. The topological polar surface area (TPSA) is 89.3 Å². The van der Waals surface area contributed by atoms with E-state index < -0.39 is 5.97 Å². The van der Waals surface area contributed by atoms with Crippen molar-refractivity contribution < 1.29 is 14.6 Å². The van der Waals surface area contributed by atoms with Gasteiger partial charge in [0.25, 0.3) is 0 Å². The Balaban J connectivity index is 1.76. The van der Waals surface area contributed by atoms with E-state index in [4.69, 9.17) is 4.74 Å². The van der Waals surface area contributed by atoms with Crippen LogP contribution < -0.4 is 10.1 Å². The van der Waals surface area contributed by atoms with Gasteiger partial charge in [-0.15, -0.1) is 0 Å². The van der Waals surface area contributed by atoms with Gasteiger partial charge in [-0.3, -0.25) is 0 Å². The van der Waals surface area contributed by atoms with Crippen LogP contribution in [0.5, 0.6) is 5.75 Å². The van der Waals surface area contributed by atoms with E-state index in [0.717, 1.165) is 32.7 Å². The van der Waals surface area contributed by atoms with Gasteiger partial charge >= 0.3 is 5.97 Å². The number of methoxy groups -OCH3 is 1. The molecule has 7 nitrogen and oxygen atoms in total. The molecule has 0 aliphatic heterocycles. The molecule has 0 radical (unpaired) electrons. The minimum atomic E-state index is -0.915. The Bertz CT molecular complexity index is 1060. The van der Waals surface area contributed by atoms with Gasteiger partial charge in [-0.05, 0) is 42.2 Å². The number of carbonyl (C=O) groups is 1. The fourth-order valence-corrected chi connectivity index (χ4v) is 3.77. The van der Waals surface area contributed by atoms with Crippen molar-refractivity contribution in [2.45, 2.75) is 12.8 Å². The zero-order valence-corrected chi connectivity index (χ0v) is 16.4. The van der Waals surface area contributed by atoms with E-state index in [9.17, 15) is 9.90 Å². The predicted octanol–water partition coefficient (Wildman–Crippen LogP) is 3.79. The van der Waals surface area contributed by atoms with Crippen molar-refractivity contribution in [3.63, 3.8) is 0 Å². The molecule has 138 valence electrons. The normalized spacial score (nSPS) is 12.3. The van der Waals surface area contributed by atoms with E-state index in [1.807, 2.05) is 29.8 Å². The molecule has 2 aromatic heterocycles. The zero-order valence-electron chi connectivity index (χ0n) is 14.8. The number of nitrogens with one attached hydrogen (secondary N) is 1. The van der Waals surface area contributed by atoms with Crippen molar-refractivity contribution in [3.05, 3.63) is 51.8 Å². The number of aromatic nitrogens is 3. The molecule has 8 heteroatoms. The summed E-state index contributed by atoms with van der Waals surface area (Å²) in [6.07, 6.45) is 4.83. The number of aromatic carboxylic acids is 1. The molecule has 0 saturated heterocycles. The number of hydrogen-bond acceptors (Lipinski definition) is 5. The van der Waals surface area contributed by atoms with Crippen molar-refractivity contribution in [1.29, 1.82) is 0 Å². The number of carboxylic acid groups (broad SMARTS) is 1. The second kappa shape index (κ2) is 6.70. The molecule has 0 fully saturated rings. The summed E-state index contributed by atoms with van der Waals surface area (Å²) in [7, 11) is 3.44. The van der Waals surface area contributed by atoms with Crippen molar-refractivity contribution in [2.24, 2.45) is 7.05 Å². The molecule has 0 spiro atoms. The first-order chi connectivity index (χ1) is 13.0. The van der Waals surface area contributed by atoms with Crippen molar-refractivity contribution in [2.75, 3.05) is 12.4 Å². The van der Waals surface area contributed by atoms with Crippen LogP contribution in [0.1, 0.15) is 21.5 Å². The van der Waals surface area contributed by atoms with Crippen molar-refractivity contribution in [3.8, 4) is 17.1 Å². The van der Waals surface area contributed by atoms with Crippen LogP contribution in [0.4, 0.5) is 11.6 Å². The molecule has 0 atom stereocenters. The first kappa shape index (κ1) is 17.5. The van der Waals surface area contributed by atoms with Gasteiger partial charge in [-0.25, -0.2) is 14.8 Å². The SMILES string of the molecule is COc1cc(Br)ccc1Nc1ncc2c(n1)-c1c(c(C(=O)O)cn1C)CC2. The molecule has 0 saturated carbocycles. The second-order valence-electron chi connectivity index (χ2n) is 6.32. The summed E-state index contributed by atoms with van der Waals surface area (Å²) in [6, 6.07) is 5.63. The summed E-state index contributed by atoms with van der Waals surface area (Å²) in [5.74, 6) is 0.181. The molecular weight excluding hydrogens is 412 g/mol. The number of carboxylic acids is 1. The molecule has 27 heavy (non-hydrogen) atoms. The van der Waals surface area contributed by atoms with Gasteiger partial charge in [0.05, 0.1) is 29.7 Å². The largest absolute Gasteiger partial charge is 0.495 e. The van der Waals surface area contributed by atoms with Crippen LogP contribution in [0.3, 0.4) is 0 Å². The summed E-state index contributed by atoms with van der Waals surface area (Å²) in [6.45, 7) is 0. The van der Waals surface area contributed by atoms with E-state index >= 15 is 0 Å². The number of ether oxygens (including phenoxy) is 1. The third-order valence-electron chi connectivity index (χ3n) is 4.66. The highest BCUT2D eigenvalue weighted by atomic mass is 79.9. The average Bonchev–Trinajstić information content (AvgIpc) is 3.00. The monoisotopic (exact) mass is 428 g/mol. The molecule has 0 bridgehead atoms. The summed E-state index contributed by atoms with van der Waals surface area (Å²) in [5, 5.41) is 12.6. The van der Waals surface area contributed by atoms with Gasteiger partial charge in [0.1, 0.15) is 5.75 Å². The molecule has 1 aliphatic rings. The standard InChI is InChI=1S/C19H17BrN4O3/c1-24-9-13(18(25)26)12-5-3-10-8-21-19(23-16(10)17(12)24)22-14-6-4-11(20)7-15(14)27-2/h4,6-9H,3,5H2,1-2H3,(H,25,26)(H,21,22,23). The lowest BCUT2D eigenvalue weighted by molar-refractivity contribution is 0.0695. The molecular formula is C19H17BrN4O3. The van der Waals surface area contributed by atoms with Gasteiger partial charge in [-0.2, -0.15) is 0 Å². The maximum Gasteiger partial charge on any atom is 0.337 e. The highest BCUT2D eigenvalue weighted by molar-refractivity contribution is 9.10. The number of rotatable bonds is 4. The molecule has 0 unspecified atom stereocenters. The summed E-state index contributed by atoms with van der Waals surface area (Å²) < 4.78 is 8.13. The fraction of sp³-hybridized carbons (Fsp3) is 0.211. The second-order valence-corrected chi connectivity index (χ2v) is 7.24. The van der Waals surface area contributed by atoms with Crippen LogP contribution in [0.25, 0.3) is 11.4 Å². The zero-order chi connectivity index (χ0) is 19.1. The number of benzene rings is 1. The Morgan fingerprint density at radius 2 is 2.19 bits per heavy atom. The summed E-state index contributed by atoms with van der Waals surface area (Å²) in [4.78, 5) is 20.6. The number of fused-ring (bicyclic) bond motifs is 3. The Labute approximate surface area is 164 Å². The number of hydrogen-bond donors (Lipinski definition) is 2. The van der Waals surface area contributed by atoms with Crippen LogP contribution in [-0.2, 0) is 19.9 Å². The predicted molar refractivity (Wildman–Crippen MR) is 105 cm³/mol. The van der Waals surface area contributed by atoms with Crippen molar-refractivity contribution >= 4 is 33.5 Å². The van der Waals surface area contributed by atoms with E-state index in [1.165, 1.54) is 0 Å². The molecule has 4 rings (SSSR count). The van der Waals surface area contributed by atoms with Crippen LogP contribution in [0.2, 0.25) is 0 Å². The quantitative estimate of drug-likeness (QED) is 0.656. The maximum atomic E-state index is 11.5. The van der Waals surface area contributed by atoms with Gasteiger partial charge in [0.2, 0.25) is 5.95 Å². The highest BCUT2D eigenvalue weighted by Crippen LogP contribution is 2.36. The summed E-state index contributed by atoms with van der Waals surface area (Å²) >= 11 is 3.42. The minimum absolute atomic E-state index is 0.334. The van der Waals surface area contributed by atoms with Gasteiger partial charge in [-0.1, -0.05) is 15.9 Å². The Morgan fingerprint density at radius 3 is 2.93 bits per heavy atom. The van der Waals surface area contributed by atoms with Gasteiger partial charge in [0.15, 0.2) is 0 Å².